The number of pyridine rings is 2. The number of carbonyl (C=O) groups excluding carboxylic acids is 1. The summed E-state index contributed by atoms with van der Waals surface area (Å²) in [6, 6.07) is 10.7. The molecular weight excluding hydrogens is 520 g/mol. The molecular formula is C29H28N2O9. The number of nitrogens with one attached hydrogen (secondary N) is 1. The van der Waals surface area contributed by atoms with Gasteiger partial charge in [0, 0.05) is 35.2 Å². The first kappa shape index (κ1) is 26.7. The van der Waals surface area contributed by atoms with E-state index in [-0.39, 0.29) is 41.3 Å². The lowest BCUT2D eigenvalue weighted by Crippen LogP contribution is -2.31. The standard InChI is InChI=1S/C29H28N2O9/c1-15-9-23(34)27(29(37)31(15)6-5-16-3-4-21(32)22(33)10-16)18(13-26(35)38-2)19-11-17-12-24-25(40-8-7-39-24)14-20(17)30-28(19)36/h3-4,9-12,14,18,32-34H,5-8,13H2,1-2H3,(H,30,36)/t18-/m1/s1. The third-order valence-electron chi connectivity index (χ3n) is 7.04. The van der Waals surface area contributed by atoms with Gasteiger partial charge in [-0.05, 0) is 49.2 Å². The number of phenolic OH excluding ortho intramolecular Hbond substituents is 2. The average Bonchev–Trinajstić information content (AvgIpc) is 2.92. The number of benzene rings is 2. The molecule has 0 spiro atoms. The molecule has 1 aliphatic rings. The monoisotopic (exact) mass is 548 g/mol. The number of H-pyrrole nitrogens is 1. The second kappa shape index (κ2) is 10.7. The molecule has 1 aliphatic heterocycles. The highest BCUT2D eigenvalue weighted by atomic mass is 16.6. The molecule has 11 heteroatoms. The van der Waals surface area contributed by atoms with Gasteiger partial charge in [0.25, 0.3) is 11.1 Å². The zero-order valence-electron chi connectivity index (χ0n) is 21.9. The predicted molar refractivity (Wildman–Crippen MR) is 145 cm³/mol. The van der Waals surface area contributed by atoms with Crippen LogP contribution in [0.15, 0.2) is 52.1 Å². The molecule has 0 saturated heterocycles. The second-order valence-corrected chi connectivity index (χ2v) is 9.58. The van der Waals surface area contributed by atoms with E-state index in [9.17, 15) is 29.7 Å². The Morgan fingerprint density at radius 1 is 1.00 bits per heavy atom. The van der Waals surface area contributed by atoms with Gasteiger partial charge in [-0.15, -0.1) is 0 Å². The number of hydrogen-bond donors (Lipinski definition) is 4. The van der Waals surface area contributed by atoms with Crippen molar-refractivity contribution in [3.05, 3.63) is 85.6 Å². The molecule has 0 saturated carbocycles. The number of rotatable bonds is 7. The summed E-state index contributed by atoms with van der Waals surface area (Å²) < 4.78 is 17.5. The van der Waals surface area contributed by atoms with Crippen molar-refractivity contribution < 1.29 is 34.3 Å². The van der Waals surface area contributed by atoms with E-state index in [2.05, 4.69) is 4.98 Å². The van der Waals surface area contributed by atoms with E-state index < -0.39 is 23.0 Å². The zero-order valence-corrected chi connectivity index (χ0v) is 21.9. The number of aromatic nitrogens is 2. The Morgan fingerprint density at radius 2 is 1.73 bits per heavy atom. The Bertz CT molecular complexity index is 1740. The lowest BCUT2D eigenvalue weighted by atomic mass is 9.88. The van der Waals surface area contributed by atoms with Gasteiger partial charge >= 0.3 is 5.97 Å². The summed E-state index contributed by atoms with van der Waals surface area (Å²) in [5.41, 5.74) is 0.482. The van der Waals surface area contributed by atoms with Gasteiger partial charge in [-0.2, -0.15) is 0 Å². The smallest absolute Gasteiger partial charge is 0.306 e. The lowest BCUT2D eigenvalue weighted by molar-refractivity contribution is -0.140. The minimum Gasteiger partial charge on any atom is -0.507 e. The molecule has 40 heavy (non-hydrogen) atoms. The van der Waals surface area contributed by atoms with Crippen molar-refractivity contribution in [2.24, 2.45) is 0 Å². The van der Waals surface area contributed by atoms with Crippen LogP contribution in [0.4, 0.5) is 0 Å². The van der Waals surface area contributed by atoms with Crippen molar-refractivity contribution in [3.8, 4) is 28.7 Å². The van der Waals surface area contributed by atoms with Crippen molar-refractivity contribution >= 4 is 16.9 Å². The number of aryl methyl sites for hydroxylation is 2. The van der Waals surface area contributed by atoms with Crippen LogP contribution in [0.25, 0.3) is 10.9 Å². The van der Waals surface area contributed by atoms with Crippen LogP contribution in [-0.2, 0) is 22.5 Å². The van der Waals surface area contributed by atoms with E-state index in [1.165, 1.54) is 29.9 Å². The molecule has 1 atom stereocenters. The number of aromatic hydroxyl groups is 3. The fraction of sp³-hybridized carbons (Fsp3) is 0.276. The molecule has 0 bridgehead atoms. The Balaban J connectivity index is 1.61. The minimum atomic E-state index is -1.12. The van der Waals surface area contributed by atoms with Gasteiger partial charge in [-0.25, -0.2) is 0 Å². The van der Waals surface area contributed by atoms with Crippen molar-refractivity contribution in [1.29, 1.82) is 0 Å². The molecule has 5 rings (SSSR count). The topological polar surface area (TPSA) is 160 Å². The second-order valence-electron chi connectivity index (χ2n) is 9.58. The molecule has 0 fully saturated rings. The Kier molecular flexibility index (Phi) is 7.12. The quantitative estimate of drug-likeness (QED) is 0.201. The predicted octanol–water partition coefficient (Wildman–Crippen LogP) is 2.82. The SMILES string of the molecule is COC(=O)C[C@H](c1cc2cc3c(cc2[nH]c1=O)OCCO3)c1c(O)cc(C)n(CCc2ccc(O)c(O)c2)c1=O. The number of nitrogens with zero attached hydrogens (tertiary/aromatic N) is 1. The first-order valence-corrected chi connectivity index (χ1v) is 12.6. The molecule has 2 aromatic carbocycles. The summed E-state index contributed by atoms with van der Waals surface area (Å²) in [4.78, 5) is 42.4. The summed E-state index contributed by atoms with van der Waals surface area (Å²) >= 11 is 0. The maximum atomic E-state index is 13.8. The largest absolute Gasteiger partial charge is 0.507 e. The van der Waals surface area contributed by atoms with Gasteiger partial charge < -0.3 is 39.1 Å². The summed E-state index contributed by atoms with van der Waals surface area (Å²) in [6.45, 7) is 2.59. The highest BCUT2D eigenvalue weighted by molar-refractivity contribution is 5.83. The fourth-order valence-electron chi connectivity index (χ4n) is 4.98. The van der Waals surface area contributed by atoms with Gasteiger partial charge in [-0.3, -0.25) is 14.4 Å². The molecule has 3 heterocycles. The fourth-order valence-corrected chi connectivity index (χ4v) is 4.98. The Morgan fingerprint density at radius 3 is 2.42 bits per heavy atom. The number of ether oxygens (including phenoxy) is 3. The molecule has 11 nitrogen and oxygen atoms in total. The Labute approximate surface area is 227 Å². The van der Waals surface area contributed by atoms with E-state index in [0.717, 1.165) is 0 Å². The third kappa shape index (κ3) is 5.05. The number of esters is 1. The van der Waals surface area contributed by atoms with Crippen LogP contribution in [0.5, 0.6) is 28.7 Å². The van der Waals surface area contributed by atoms with Crippen LogP contribution in [0, 0.1) is 6.92 Å². The van der Waals surface area contributed by atoms with E-state index in [1.54, 1.807) is 31.2 Å². The van der Waals surface area contributed by atoms with Crippen molar-refractivity contribution in [1.82, 2.24) is 9.55 Å². The van der Waals surface area contributed by atoms with Crippen molar-refractivity contribution in [3.63, 3.8) is 0 Å². The van der Waals surface area contributed by atoms with Crippen LogP contribution >= 0.6 is 0 Å². The molecule has 4 N–H and O–H groups in total. The third-order valence-corrected chi connectivity index (χ3v) is 7.04. The van der Waals surface area contributed by atoms with Gasteiger partial charge in [0.1, 0.15) is 19.0 Å². The normalized spacial score (nSPS) is 13.2. The number of carbonyl (C=O) groups is 1. The average molecular weight is 549 g/mol. The van der Waals surface area contributed by atoms with E-state index >= 15 is 0 Å². The van der Waals surface area contributed by atoms with Crippen LogP contribution in [0.3, 0.4) is 0 Å². The molecule has 0 unspecified atom stereocenters. The van der Waals surface area contributed by atoms with Crippen LogP contribution in [-0.4, -0.2) is 51.2 Å². The highest BCUT2D eigenvalue weighted by Gasteiger charge is 2.29. The van der Waals surface area contributed by atoms with Gasteiger partial charge in [0.05, 0.1) is 24.6 Å². The van der Waals surface area contributed by atoms with E-state index in [0.29, 0.717) is 53.3 Å². The molecule has 0 amide bonds. The summed E-state index contributed by atoms with van der Waals surface area (Å²) in [6.07, 6.45) is -0.0441. The number of fused-ring (bicyclic) bond motifs is 2. The number of phenols is 2. The zero-order chi connectivity index (χ0) is 28.6. The molecule has 0 aliphatic carbocycles. The molecule has 4 aromatic rings. The highest BCUT2D eigenvalue weighted by Crippen LogP contribution is 2.36. The van der Waals surface area contributed by atoms with Gasteiger partial charge in [0.2, 0.25) is 0 Å². The summed E-state index contributed by atoms with van der Waals surface area (Å²) in [5, 5.41) is 30.9. The number of aromatic amines is 1. The molecule has 208 valence electrons. The first-order chi connectivity index (χ1) is 19.2. The van der Waals surface area contributed by atoms with E-state index in [4.69, 9.17) is 14.2 Å². The van der Waals surface area contributed by atoms with Crippen LogP contribution in [0.2, 0.25) is 0 Å². The van der Waals surface area contributed by atoms with Crippen LogP contribution < -0.4 is 20.6 Å². The maximum Gasteiger partial charge on any atom is 0.306 e. The summed E-state index contributed by atoms with van der Waals surface area (Å²) in [7, 11) is 1.20. The van der Waals surface area contributed by atoms with Crippen LogP contribution in [0.1, 0.15) is 34.7 Å². The maximum absolute atomic E-state index is 13.8. The van der Waals surface area contributed by atoms with E-state index in [1.807, 2.05) is 0 Å². The number of hydrogen-bond acceptors (Lipinski definition) is 9. The minimum absolute atomic E-state index is 0.0980. The lowest BCUT2D eigenvalue weighted by Gasteiger charge is -2.21. The summed E-state index contributed by atoms with van der Waals surface area (Å²) in [5.74, 6) is -1.68. The van der Waals surface area contributed by atoms with Crippen molar-refractivity contribution in [2.75, 3.05) is 20.3 Å². The van der Waals surface area contributed by atoms with Gasteiger partial charge in [-0.1, -0.05) is 6.07 Å². The number of methoxy groups -OCH3 is 1. The molecule has 0 radical (unpaired) electrons. The Hall–Kier alpha value is -4.93. The van der Waals surface area contributed by atoms with Gasteiger partial charge in [0.15, 0.2) is 23.0 Å². The van der Waals surface area contributed by atoms with Crippen molar-refractivity contribution in [2.45, 2.75) is 32.2 Å². The molecule has 2 aromatic heterocycles. The first-order valence-electron chi connectivity index (χ1n) is 12.6.